The van der Waals surface area contributed by atoms with Crippen LogP contribution in [-0.2, 0) is 24.3 Å². The van der Waals surface area contributed by atoms with Crippen LogP contribution in [0.1, 0.15) is 74.9 Å². The first-order valence-electron chi connectivity index (χ1n) is 9.30. The highest BCUT2D eigenvalue weighted by Gasteiger charge is 2.35. The second-order valence-electron chi connectivity index (χ2n) is 7.12. The topological polar surface area (TPSA) is 30.3 Å². The van der Waals surface area contributed by atoms with Gasteiger partial charge in [0.05, 0.1) is 24.9 Å². The summed E-state index contributed by atoms with van der Waals surface area (Å²) >= 11 is 0. The smallest absolute Gasteiger partial charge is 0.0854 e. The summed E-state index contributed by atoms with van der Waals surface area (Å²) in [4.78, 5) is 2.80. The molecule has 1 saturated heterocycles. The standard InChI is InChI=1S/C18H29N3O/c1-2-21-16-10-12-22-13-15(16)18(19-21)17-9-5-6-11-20(17)14-7-3-4-8-14/h14,17H,2-13H2,1H3. The average molecular weight is 303 g/mol. The molecule has 2 aliphatic heterocycles. The summed E-state index contributed by atoms with van der Waals surface area (Å²) in [7, 11) is 0. The number of piperidine rings is 1. The van der Waals surface area contributed by atoms with Crippen LogP contribution >= 0.6 is 0 Å². The maximum absolute atomic E-state index is 5.77. The van der Waals surface area contributed by atoms with E-state index in [1.807, 2.05) is 0 Å². The van der Waals surface area contributed by atoms with E-state index < -0.39 is 0 Å². The lowest BCUT2D eigenvalue weighted by molar-refractivity contribution is 0.0858. The van der Waals surface area contributed by atoms with Crippen molar-refractivity contribution in [2.75, 3.05) is 13.2 Å². The van der Waals surface area contributed by atoms with Crippen LogP contribution in [0.5, 0.6) is 0 Å². The first kappa shape index (κ1) is 14.7. The molecule has 2 fully saturated rings. The zero-order valence-electron chi connectivity index (χ0n) is 13.9. The van der Waals surface area contributed by atoms with E-state index in [0.29, 0.717) is 6.04 Å². The Labute approximate surface area is 133 Å². The molecule has 3 heterocycles. The molecule has 0 bridgehead atoms. The monoisotopic (exact) mass is 303 g/mol. The van der Waals surface area contributed by atoms with Crippen LogP contribution in [0.25, 0.3) is 0 Å². The van der Waals surface area contributed by atoms with E-state index in [1.54, 1.807) is 0 Å². The fraction of sp³-hybridized carbons (Fsp3) is 0.833. The Kier molecular flexibility index (Phi) is 4.23. The third-order valence-electron chi connectivity index (χ3n) is 5.88. The lowest BCUT2D eigenvalue weighted by atomic mass is 9.93. The molecule has 3 aliphatic rings. The van der Waals surface area contributed by atoms with Crippen molar-refractivity contribution in [1.82, 2.24) is 14.7 Å². The van der Waals surface area contributed by atoms with Crippen LogP contribution < -0.4 is 0 Å². The lowest BCUT2D eigenvalue weighted by Crippen LogP contribution is -2.40. The van der Waals surface area contributed by atoms with Crippen LogP contribution in [0.15, 0.2) is 0 Å². The Morgan fingerprint density at radius 3 is 2.77 bits per heavy atom. The molecule has 1 unspecified atom stereocenters. The number of rotatable bonds is 3. The molecule has 4 rings (SSSR count). The van der Waals surface area contributed by atoms with Gasteiger partial charge in [0.15, 0.2) is 0 Å². The molecule has 0 spiro atoms. The van der Waals surface area contributed by atoms with Crippen molar-refractivity contribution in [3.63, 3.8) is 0 Å². The van der Waals surface area contributed by atoms with Crippen molar-refractivity contribution in [3.05, 3.63) is 17.0 Å². The zero-order chi connectivity index (χ0) is 14.9. The summed E-state index contributed by atoms with van der Waals surface area (Å²) in [5.41, 5.74) is 4.21. The summed E-state index contributed by atoms with van der Waals surface area (Å²) in [6.07, 6.45) is 10.6. The predicted octanol–water partition coefficient (Wildman–Crippen LogP) is 3.45. The molecule has 1 atom stereocenters. The Morgan fingerprint density at radius 1 is 1.14 bits per heavy atom. The van der Waals surface area contributed by atoms with E-state index in [-0.39, 0.29) is 0 Å². The van der Waals surface area contributed by atoms with E-state index in [9.17, 15) is 0 Å². The number of aromatic nitrogens is 2. The quantitative estimate of drug-likeness (QED) is 0.857. The normalized spacial score (nSPS) is 27.2. The van der Waals surface area contributed by atoms with Gasteiger partial charge in [-0.2, -0.15) is 5.10 Å². The Balaban J connectivity index is 1.67. The molecule has 1 aromatic rings. The van der Waals surface area contributed by atoms with E-state index >= 15 is 0 Å². The number of fused-ring (bicyclic) bond motifs is 1. The highest BCUT2D eigenvalue weighted by molar-refractivity contribution is 5.30. The number of likely N-dealkylation sites (tertiary alicyclic amines) is 1. The molecule has 0 amide bonds. The van der Waals surface area contributed by atoms with Gasteiger partial charge in [-0.15, -0.1) is 0 Å². The summed E-state index contributed by atoms with van der Waals surface area (Å²) in [6, 6.07) is 1.34. The molecule has 0 N–H and O–H groups in total. The molecule has 122 valence electrons. The Morgan fingerprint density at radius 2 is 1.95 bits per heavy atom. The Hall–Kier alpha value is -0.870. The fourth-order valence-electron chi connectivity index (χ4n) is 4.78. The van der Waals surface area contributed by atoms with E-state index in [0.717, 1.165) is 32.2 Å². The van der Waals surface area contributed by atoms with Crippen molar-refractivity contribution < 1.29 is 4.74 Å². The van der Waals surface area contributed by atoms with Crippen molar-refractivity contribution in [2.45, 2.75) is 83.5 Å². The molecule has 4 heteroatoms. The second kappa shape index (κ2) is 6.32. The number of hydrogen-bond acceptors (Lipinski definition) is 3. The minimum Gasteiger partial charge on any atom is -0.376 e. The summed E-state index contributed by atoms with van der Waals surface area (Å²) in [6.45, 7) is 6.10. The van der Waals surface area contributed by atoms with Crippen LogP contribution in [0.4, 0.5) is 0 Å². The van der Waals surface area contributed by atoms with Gasteiger partial charge in [-0.3, -0.25) is 9.58 Å². The molecule has 1 saturated carbocycles. The molecular weight excluding hydrogens is 274 g/mol. The largest absolute Gasteiger partial charge is 0.376 e. The maximum atomic E-state index is 5.77. The molecule has 4 nitrogen and oxygen atoms in total. The SMILES string of the molecule is CCn1nc(C2CCCCN2C2CCCC2)c2c1CCOC2. The van der Waals surface area contributed by atoms with Gasteiger partial charge in [0.2, 0.25) is 0 Å². The summed E-state index contributed by atoms with van der Waals surface area (Å²) in [5.74, 6) is 0. The molecule has 0 aromatic carbocycles. The third-order valence-corrected chi connectivity index (χ3v) is 5.88. The highest BCUT2D eigenvalue weighted by atomic mass is 16.5. The predicted molar refractivity (Wildman–Crippen MR) is 86.8 cm³/mol. The van der Waals surface area contributed by atoms with Crippen molar-refractivity contribution in [3.8, 4) is 0 Å². The first-order valence-corrected chi connectivity index (χ1v) is 9.30. The fourth-order valence-corrected chi connectivity index (χ4v) is 4.78. The van der Waals surface area contributed by atoms with Crippen LogP contribution in [0, 0.1) is 0 Å². The van der Waals surface area contributed by atoms with Gasteiger partial charge < -0.3 is 4.74 Å². The third kappa shape index (κ3) is 2.50. The first-order chi connectivity index (χ1) is 10.9. The molecular formula is C18H29N3O. The van der Waals surface area contributed by atoms with Crippen molar-refractivity contribution in [2.24, 2.45) is 0 Å². The second-order valence-corrected chi connectivity index (χ2v) is 7.12. The van der Waals surface area contributed by atoms with Gasteiger partial charge in [0, 0.05) is 30.3 Å². The van der Waals surface area contributed by atoms with Gasteiger partial charge in [0.1, 0.15) is 0 Å². The number of aryl methyl sites for hydroxylation is 1. The minimum absolute atomic E-state index is 0.542. The van der Waals surface area contributed by atoms with Crippen LogP contribution in [0.3, 0.4) is 0 Å². The van der Waals surface area contributed by atoms with Gasteiger partial charge in [0.25, 0.3) is 0 Å². The Bertz CT molecular complexity index is 519. The molecule has 22 heavy (non-hydrogen) atoms. The van der Waals surface area contributed by atoms with Crippen molar-refractivity contribution in [1.29, 1.82) is 0 Å². The summed E-state index contributed by atoms with van der Waals surface area (Å²) in [5, 5.41) is 5.05. The van der Waals surface area contributed by atoms with E-state index in [4.69, 9.17) is 9.84 Å². The van der Waals surface area contributed by atoms with Crippen LogP contribution in [-0.4, -0.2) is 33.9 Å². The van der Waals surface area contributed by atoms with Gasteiger partial charge in [-0.25, -0.2) is 0 Å². The number of nitrogens with zero attached hydrogens (tertiary/aromatic N) is 3. The maximum Gasteiger partial charge on any atom is 0.0854 e. The zero-order valence-corrected chi connectivity index (χ0v) is 13.9. The van der Waals surface area contributed by atoms with E-state index in [1.165, 1.54) is 68.4 Å². The highest BCUT2D eigenvalue weighted by Crippen LogP contribution is 2.39. The average Bonchev–Trinajstić information content (AvgIpc) is 3.23. The van der Waals surface area contributed by atoms with Crippen molar-refractivity contribution >= 4 is 0 Å². The van der Waals surface area contributed by atoms with E-state index in [2.05, 4.69) is 16.5 Å². The van der Waals surface area contributed by atoms with Gasteiger partial charge in [-0.05, 0) is 39.2 Å². The number of hydrogen-bond donors (Lipinski definition) is 0. The molecule has 1 aromatic heterocycles. The van der Waals surface area contributed by atoms with Crippen LogP contribution in [0.2, 0.25) is 0 Å². The molecule has 1 aliphatic carbocycles. The van der Waals surface area contributed by atoms with Gasteiger partial charge >= 0.3 is 0 Å². The molecule has 0 radical (unpaired) electrons. The summed E-state index contributed by atoms with van der Waals surface area (Å²) < 4.78 is 8.02. The number of ether oxygens (including phenoxy) is 1. The minimum atomic E-state index is 0.542. The lowest BCUT2D eigenvalue weighted by Gasteiger charge is -2.39. The van der Waals surface area contributed by atoms with Gasteiger partial charge in [-0.1, -0.05) is 19.3 Å².